The quantitative estimate of drug-likeness (QED) is 0.0185. The molecule has 0 saturated carbocycles. The molecule has 0 aliphatic rings. The second kappa shape index (κ2) is 23.3. The standard InChI is InChI=1S/C26H48N8O13/c1-15(37)12-19(38)34(47)11-4-6-16(28)22(40)32-20(21(39)26(44)45)25(43)31-18(13-35)24(42)30-17(7-5-10-33(46)14-36)23(41)29-9-3-2-8-27/h14-18,20-21,35,37,39,46-47H,2-13,27-28H2,1H3,(H,29,41)(H,30,42)(H,31,43)(H,32,40)(H,44,45)/t15?,16-,17-,18-,20+,21+/m0/s1. The van der Waals surface area contributed by atoms with Crippen LogP contribution in [0.15, 0.2) is 0 Å². The van der Waals surface area contributed by atoms with Gasteiger partial charge in [0.15, 0.2) is 6.10 Å². The topological polar surface area (TPSA) is 348 Å². The van der Waals surface area contributed by atoms with E-state index in [1.807, 2.05) is 10.6 Å². The second-order valence-corrected chi connectivity index (χ2v) is 10.6. The molecule has 6 amide bonds. The van der Waals surface area contributed by atoms with Crippen LogP contribution in [-0.4, -0.2) is 152 Å². The number of unbranched alkanes of at least 4 members (excludes halogenated alkanes) is 1. The smallest absolute Gasteiger partial charge is 0.335 e. The predicted octanol–water partition coefficient (Wildman–Crippen LogP) is -5.54. The van der Waals surface area contributed by atoms with Crippen LogP contribution < -0.4 is 32.7 Å². The summed E-state index contributed by atoms with van der Waals surface area (Å²) in [5.41, 5.74) is 11.2. The van der Waals surface area contributed by atoms with Gasteiger partial charge >= 0.3 is 5.97 Å². The zero-order valence-corrected chi connectivity index (χ0v) is 26.1. The van der Waals surface area contributed by atoms with E-state index < -0.39 is 78.5 Å². The maximum absolute atomic E-state index is 13.0. The summed E-state index contributed by atoms with van der Waals surface area (Å²) >= 11 is 0. The van der Waals surface area contributed by atoms with Crippen LogP contribution in [0.25, 0.3) is 0 Å². The number of rotatable bonds is 25. The highest BCUT2D eigenvalue weighted by Crippen LogP contribution is 2.05. The first-order valence-electron chi connectivity index (χ1n) is 14.8. The summed E-state index contributed by atoms with van der Waals surface area (Å²) in [5.74, 6) is -7.02. The Morgan fingerprint density at radius 3 is 2.00 bits per heavy atom. The molecule has 0 aromatic heterocycles. The Hall–Kier alpha value is -3.99. The number of carbonyl (C=O) groups excluding carboxylic acids is 6. The van der Waals surface area contributed by atoms with Crippen LogP contribution in [0.3, 0.4) is 0 Å². The Bertz CT molecular complexity index is 1030. The number of carboxylic acids is 1. The lowest BCUT2D eigenvalue weighted by atomic mass is 10.1. The van der Waals surface area contributed by atoms with Crippen molar-refractivity contribution in [1.29, 1.82) is 0 Å². The summed E-state index contributed by atoms with van der Waals surface area (Å²) in [6.07, 6.45) is -2.89. The molecule has 0 aliphatic carbocycles. The Morgan fingerprint density at radius 1 is 0.830 bits per heavy atom. The van der Waals surface area contributed by atoms with Crippen molar-refractivity contribution in [2.45, 2.75) is 88.2 Å². The Kier molecular flexibility index (Phi) is 21.4. The largest absolute Gasteiger partial charge is 0.479 e. The van der Waals surface area contributed by atoms with Crippen molar-refractivity contribution in [2.24, 2.45) is 11.5 Å². The number of carbonyl (C=O) groups is 7. The lowest BCUT2D eigenvalue weighted by Crippen LogP contribution is -2.62. The first-order valence-corrected chi connectivity index (χ1v) is 14.8. The Balaban J connectivity index is 5.52. The minimum absolute atomic E-state index is 0.0328. The van der Waals surface area contributed by atoms with Gasteiger partial charge in [0, 0.05) is 19.6 Å². The van der Waals surface area contributed by atoms with Crippen LogP contribution in [0.4, 0.5) is 0 Å². The zero-order chi connectivity index (χ0) is 36.1. The fourth-order valence-corrected chi connectivity index (χ4v) is 3.88. The van der Waals surface area contributed by atoms with E-state index in [0.717, 1.165) is 0 Å². The van der Waals surface area contributed by atoms with E-state index in [2.05, 4.69) is 10.6 Å². The van der Waals surface area contributed by atoms with Gasteiger partial charge in [-0.25, -0.2) is 14.9 Å². The number of aliphatic hydroxyl groups is 3. The molecule has 47 heavy (non-hydrogen) atoms. The number of carboxylic acid groups (broad SMARTS) is 1. The van der Waals surface area contributed by atoms with E-state index in [4.69, 9.17) is 11.5 Å². The van der Waals surface area contributed by atoms with E-state index in [-0.39, 0.29) is 58.1 Å². The fourth-order valence-electron chi connectivity index (χ4n) is 3.88. The third-order valence-electron chi connectivity index (χ3n) is 6.51. The molecule has 0 rings (SSSR count). The molecular weight excluding hydrogens is 632 g/mol. The maximum Gasteiger partial charge on any atom is 0.335 e. The third-order valence-corrected chi connectivity index (χ3v) is 6.51. The Labute approximate surface area is 270 Å². The molecule has 0 bridgehead atoms. The van der Waals surface area contributed by atoms with Crippen molar-refractivity contribution in [1.82, 2.24) is 31.4 Å². The molecule has 270 valence electrons. The fraction of sp³-hybridized carbons (Fsp3) is 0.731. The van der Waals surface area contributed by atoms with E-state index in [1.165, 1.54) is 6.92 Å². The number of nitrogens with two attached hydrogens (primary N) is 2. The van der Waals surface area contributed by atoms with E-state index in [0.29, 0.717) is 29.5 Å². The monoisotopic (exact) mass is 680 g/mol. The van der Waals surface area contributed by atoms with Crippen LogP contribution in [0.5, 0.6) is 0 Å². The minimum Gasteiger partial charge on any atom is -0.479 e. The highest BCUT2D eigenvalue weighted by atomic mass is 16.5. The van der Waals surface area contributed by atoms with E-state index in [9.17, 15) is 64.4 Å². The summed E-state index contributed by atoms with van der Waals surface area (Å²) in [4.78, 5) is 85.0. The second-order valence-electron chi connectivity index (χ2n) is 10.6. The van der Waals surface area contributed by atoms with E-state index >= 15 is 0 Å². The number of nitrogens with one attached hydrogen (secondary N) is 4. The predicted molar refractivity (Wildman–Crippen MR) is 159 cm³/mol. The molecule has 21 nitrogen and oxygen atoms in total. The van der Waals surface area contributed by atoms with Crippen LogP contribution in [-0.2, 0) is 33.6 Å². The van der Waals surface area contributed by atoms with Crippen LogP contribution in [0.1, 0.15) is 51.9 Å². The third kappa shape index (κ3) is 17.5. The molecule has 0 radical (unpaired) electrons. The first kappa shape index (κ1) is 43.0. The summed E-state index contributed by atoms with van der Waals surface area (Å²) in [5, 5.41) is 66.9. The highest BCUT2D eigenvalue weighted by Gasteiger charge is 2.37. The molecule has 21 heteroatoms. The molecule has 0 aromatic rings. The van der Waals surface area contributed by atoms with Gasteiger partial charge in [-0.3, -0.25) is 39.2 Å². The molecular formula is C26H48N8O13. The van der Waals surface area contributed by atoms with Crippen LogP contribution in [0, 0.1) is 0 Å². The molecule has 1 unspecified atom stereocenters. The average molecular weight is 681 g/mol. The van der Waals surface area contributed by atoms with Crippen LogP contribution in [0.2, 0.25) is 0 Å². The molecule has 14 N–H and O–H groups in total. The summed E-state index contributed by atoms with van der Waals surface area (Å²) in [6.45, 7) is 0.404. The average Bonchev–Trinajstić information content (AvgIpc) is 3.02. The van der Waals surface area contributed by atoms with Crippen molar-refractivity contribution >= 4 is 41.9 Å². The molecule has 0 fully saturated rings. The normalized spacial score (nSPS) is 14.7. The number of hydrogen-bond acceptors (Lipinski definition) is 14. The zero-order valence-electron chi connectivity index (χ0n) is 26.1. The van der Waals surface area contributed by atoms with Crippen molar-refractivity contribution in [3.63, 3.8) is 0 Å². The minimum atomic E-state index is -2.54. The summed E-state index contributed by atoms with van der Waals surface area (Å²) < 4.78 is 0. The number of amides is 6. The van der Waals surface area contributed by atoms with Gasteiger partial charge in [0.05, 0.1) is 25.2 Å². The van der Waals surface area contributed by atoms with Crippen LogP contribution >= 0.6 is 0 Å². The van der Waals surface area contributed by atoms with Gasteiger partial charge in [-0.05, 0) is 52.0 Å². The van der Waals surface area contributed by atoms with Crippen molar-refractivity contribution in [2.75, 3.05) is 32.8 Å². The van der Waals surface area contributed by atoms with Crippen molar-refractivity contribution in [3.8, 4) is 0 Å². The molecule has 0 heterocycles. The molecule has 0 saturated heterocycles. The van der Waals surface area contributed by atoms with Crippen molar-refractivity contribution in [3.05, 3.63) is 0 Å². The summed E-state index contributed by atoms with van der Waals surface area (Å²) in [6, 6.07) is -6.69. The molecule has 0 spiro atoms. The first-order chi connectivity index (χ1) is 22.1. The summed E-state index contributed by atoms with van der Waals surface area (Å²) in [7, 11) is 0. The Morgan fingerprint density at radius 2 is 1.45 bits per heavy atom. The van der Waals surface area contributed by atoms with E-state index in [1.54, 1.807) is 0 Å². The number of hydroxylamine groups is 4. The lowest BCUT2D eigenvalue weighted by Gasteiger charge is -2.26. The number of nitrogens with zero attached hydrogens (tertiary/aromatic N) is 2. The number of aliphatic hydroxyl groups excluding tert-OH is 3. The van der Waals surface area contributed by atoms with Gasteiger partial charge in [0.1, 0.15) is 18.1 Å². The molecule has 6 atom stereocenters. The SMILES string of the molecule is CC(O)CC(=O)N(O)CCC[C@H](N)C(=O)N[C@@H](C(=O)N[C@@H](CO)C(=O)N[C@@H](CCCN(O)C=O)C(=O)NCCCCN)[C@@H](O)C(=O)O. The number of hydrogen-bond donors (Lipinski definition) is 12. The van der Waals surface area contributed by atoms with Gasteiger partial charge in [0.2, 0.25) is 35.9 Å². The van der Waals surface area contributed by atoms with Gasteiger partial charge in [-0.1, -0.05) is 0 Å². The molecule has 0 aliphatic heterocycles. The lowest BCUT2D eigenvalue weighted by molar-refractivity contribution is -0.167. The van der Waals surface area contributed by atoms with Gasteiger partial charge in [-0.15, -0.1) is 0 Å². The highest BCUT2D eigenvalue weighted by molar-refractivity contribution is 5.97. The van der Waals surface area contributed by atoms with Crippen molar-refractivity contribution < 1.29 is 64.4 Å². The molecule has 0 aromatic carbocycles. The van der Waals surface area contributed by atoms with Gasteiger partial charge < -0.3 is 53.2 Å². The number of aliphatic carboxylic acids is 1. The maximum atomic E-state index is 13.0. The van der Waals surface area contributed by atoms with Gasteiger partial charge in [-0.2, -0.15) is 0 Å². The van der Waals surface area contributed by atoms with Gasteiger partial charge in [0.25, 0.3) is 0 Å².